The summed E-state index contributed by atoms with van der Waals surface area (Å²) in [5.41, 5.74) is 2.37. The van der Waals surface area contributed by atoms with Crippen molar-refractivity contribution in [2.24, 2.45) is 0 Å². The van der Waals surface area contributed by atoms with Crippen LogP contribution in [0.15, 0.2) is 89.8 Å². The second-order valence-corrected chi connectivity index (χ2v) is 9.56. The van der Waals surface area contributed by atoms with Gasteiger partial charge < -0.3 is 10.1 Å². The fourth-order valence-electron chi connectivity index (χ4n) is 3.94. The average molecular weight is 465 g/mol. The first kappa shape index (κ1) is 22.7. The van der Waals surface area contributed by atoms with Gasteiger partial charge in [0.05, 0.1) is 17.4 Å². The first-order valence-electron chi connectivity index (χ1n) is 10.6. The average Bonchev–Trinajstić information content (AvgIpc) is 2.84. The monoisotopic (exact) mass is 464 g/mol. The zero-order valence-corrected chi connectivity index (χ0v) is 18.7. The van der Waals surface area contributed by atoms with Crippen molar-refractivity contribution in [2.75, 3.05) is 18.5 Å². The number of amides is 1. The van der Waals surface area contributed by atoms with E-state index in [0.717, 1.165) is 11.1 Å². The summed E-state index contributed by atoms with van der Waals surface area (Å²) in [6.07, 6.45) is 0.356. The van der Waals surface area contributed by atoms with Crippen molar-refractivity contribution < 1.29 is 22.7 Å². The highest BCUT2D eigenvalue weighted by molar-refractivity contribution is 7.89. The Labute approximate surface area is 193 Å². The van der Waals surface area contributed by atoms with Crippen molar-refractivity contribution >= 4 is 27.6 Å². The smallest absolute Gasteiger partial charge is 0.308 e. The van der Waals surface area contributed by atoms with E-state index < -0.39 is 34.5 Å². The van der Waals surface area contributed by atoms with Gasteiger partial charge in [-0.25, -0.2) is 8.42 Å². The molecule has 4 rings (SSSR count). The normalized spacial score (nSPS) is 15.9. The highest BCUT2D eigenvalue weighted by Gasteiger charge is 2.37. The quantitative estimate of drug-likeness (QED) is 0.540. The molecule has 0 aliphatic carbocycles. The van der Waals surface area contributed by atoms with Crippen molar-refractivity contribution in [2.45, 2.75) is 23.8 Å². The number of sulfonamides is 1. The minimum Gasteiger partial charge on any atom is -0.456 e. The van der Waals surface area contributed by atoms with Crippen LogP contribution >= 0.6 is 0 Å². The maximum atomic E-state index is 13.4. The highest BCUT2D eigenvalue weighted by Crippen LogP contribution is 2.36. The number of nitrogens with one attached hydrogen (secondary N) is 1. The van der Waals surface area contributed by atoms with Crippen LogP contribution in [-0.2, 0) is 30.8 Å². The lowest BCUT2D eigenvalue weighted by atomic mass is 9.92. The topological polar surface area (TPSA) is 92.8 Å². The van der Waals surface area contributed by atoms with Gasteiger partial charge in [0.2, 0.25) is 10.0 Å². The number of nitrogens with zero attached hydrogens (tertiary/aromatic N) is 1. The molecule has 170 valence electrons. The van der Waals surface area contributed by atoms with Gasteiger partial charge in [0, 0.05) is 12.2 Å². The Bertz CT molecular complexity index is 1230. The number of hydrogen-bond acceptors (Lipinski definition) is 5. The molecule has 0 radical (unpaired) electrons. The molecular formula is C25H24N2O5S. The van der Waals surface area contributed by atoms with Crippen molar-refractivity contribution in [3.05, 3.63) is 96.1 Å². The molecule has 8 heteroatoms. The number of hydrogen-bond donors (Lipinski definition) is 1. The highest BCUT2D eigenvalue weighted by atomic mass is 32.2. The number of para-hydroxylation sites is 1. The maximum absolute atomic E-state index is 13.4. The largest absolute Gasteiger partial charge is 0.456 e. The Morgan fingerprint density at radius 1 is 0.909 bits per heavy atom. The standard InChI is InChI=1S/C25H24N2O5S/c28-24(26-20-10-3-1-4-11-20)18-32-25(29)17-23-22-14-8-7-9-19(22)15-16-27(23)33(30,31)21-12-5-2-6-13-21/h1-14,23H,15-18H2,(H,26,28)/t23-/m0/s1. The van der Waals surface area contributed by atoms with Crippen molar-refractivity contribution in [3.8, 4) is 0 Å². The number of rotatable bonds is 7. The van der Waals surface area contributed by atoms with Crippen LogP contribution in [0.4, 0.5) is 5.69 Å². The number of ether oxygens (including phenoxy) is 1. The molecular weight excluding hydrogens is 440 g/mol. The third kappa shape index (κ3) is 5.30. The Morgan fingerprint density at radius 3 is 2.27 bits per heavy atom. The molecule has 0 aromatic heterocycles. The van der Waals surface area contributed by atoms with Gasteiger partial charge in [-0.3, -0.25) is 9.59 Å². The van der Waals surface area contributed by atoms with Crippen LogP contribution in [0.3, 0.4) is 0 Å². The molecule has 33 heavy (non-hydrogen) atoms. The first-order valence-corrected chi connectivity index (χ1v) is 12.0. The number of esters is 1. The molecule has 0 saturated heterocycles. The number of benzene rings is 3. The molecule has 1 aliphatic rings. The van der Waals surface area contributed by atoms with E-state index in [2.05, 4.69) is 5.32 Å². The van der Waals surface area contributed by atoms with Crippen LogP contribution in [0.5, 0.6) is 0 Å². The minimum atomic E-state index is -3.83. The predicted octanol–water partition coefficient (Wildman–Crippen LogP) is 3.55. The zero-order chi connectivity index (χ0) is 23.3. The van der Waals surface area contributed by atoms with Crippen LogP contribution < -0.4 is 5.32 Å². The van der Waals surface area contributed by atoms with Crippen LogP contribution in [0.2, 0.25) is 0 Å². The van der Waals surface area contributed by atoms with E-state index in [1.54, 1.807) is 54.6 Å². The number of carbonyl (C=O) groups is 2. The molecule has 7 nitrogen and oxygen atoms in total. The van der Waals surface area contributed by atoms with Gasteiger partial charge in [0.1, 0.15) is 0 Å². The molecule has 0 bridgehead atoms. The molecule has 1 heterocycles. The summed E-state index contributed by atoms with van der Waals surface area (Å²) in [5.74, 6) is -1.11. The molecule has 1 aliphatic heterocycles. The zero-order valence-electron chi connectivity index (χ0n) is 17.9. The molecule has 1 amide bonds. The summed E-state index contributed by atoms with van der Waals surface area (Å²) < 4.78 is 33.3. The maximum Gasteiger partial charge on any atom is 0.308 e. The second kappa shape index (κ2) is 9.97. The van der Waals surface area contributed by atoms with Crippen molar-refractivity contribution in [3.63, 3.8) is 0 Å². The summed E-state index contributed by atoms with van der Waals surface area (Å²) in [6.45, 7) is -0.200. The van der Waals surface area contributed by atoms with Crippen molar-refractivity contribution in [1.82, 2.24) is 4.31 Å². The Hall–Kier alpha value is -3.49. The van der Waals surface area contributed by atoms with Gasteiger partial charge >= 0.3 is 5.97 Å². The van der Waals surface area contributed by atoms with E-state index in [1.165, 1.54) is 4.31 Å². The van der Waals surface area contributed by atoms with Gasteiger partial charge in [-0.15, -0.1) is 0 Å². The Morgan fingerprint density at radius 2 is 1.55 bits per heavy atom. The van der Waals surface area contributed by atoms with Gasteiger partial charge in [0.25, 0.3) is 5.91 Å². The van der Waals surface area contributed by atoms with Gasteiger partial charge in [0.15, 0.2) is 6.61 Å². The van der Waals surface area contributed by atoms with Crippen LogP contribution in [0, 0.1) is 0 Å². The molecule has 0 spiro atoms. The molecule has 0 unspecified atom stereocenters. The SMILES string of the molecule is O=C(COC(=O)C[C@H]1c2ccccc2CCN1S(=O)(=O)c1ccccc1)Nc1ccccc1. The van der Waals surface area contributed by atoms with E-state index in [9.17, 15) is 18.0 Å². The van der Waals surface area contributed by atoms with Gasteiger partial charge in [-0.1, -0.05) is 60.7 Å². The molecule has 1 atom stereocenters. The number of fused-ring (bicyclic) bond motifs is 1. The summed E-state index contributed by atoms with van der Waals surface area (Å²) in [4.78, 5) is 25.0. The Balaban J connectivity index is 1.50. The molecule has 1 N–H and O–H groups in total. The summed E-state index contributed by atoms with van der Waals surface area (Å²) in [7, 11) is -3.83. The third-order valence-corrected chi connectivity index (χ3v) is 7.42. The van der Waals surface area contributed by atoms with E-state index in [1.807, 2.05) is 30.3 Å². The summed E-state index contributed by atoms with van der Waals surface area (Å²) in [6, 6.07) is 23.8. The predicted molar refractivity (Wildman–Crippen MR) is 124 cm³/mol. The van der Waals surface area contributed by atoms with Gasteiger partial charge in [-0.2, -0.15) is 4.31 Å². The van der Waals surface area contributed by atoms with E-state index in [0.29, 0.717) is 12.1 Å². The van der Waals surface area contributed by atoms with Crippen molar-refractivity contribution in [1.29, 1.82) is 0 Å². The second-order valence-electron chi connectivity index (χ2n) is 7.67. The van der Waals surface area contributed by atoms with E-state index in [-0.39, 0.29) is 17.9 Å². The fourth-order valence-corrected chi connectivity index (χ4v) is 5.56. The lowest BCUT2D eigenvalue weighted by Crippen LogP contribution is -2.41. The number of anilines is 1. The lowest BCUT2D eigenvalue weighted by Gasteiger charge is -2.36. The van der Waals surface area contributed by atoms with Crippen LogP contribution in [0.25, 0.3) is 0 Å². The summed E-state index contributed by atoms with van der Waals surface area (Å²) >= 11 is 0. The third-order valence-electron chi connectivity index (χ3n) is 5.49. The molecule has 3 aromatic rings. The van der Waals surface area contributed by atoms with Crippen LogP contribution in [-0.4, -0.2) is 37.8 Å². The first-order chi connectivity index (χ1) is 15.9. The van der Waals surface area contributed by atoms with E-state index in [4.69, 9.17) is 4.74 Å². The molecule has 0 saturated carbocycles. The lowest BCUT2D eigenvalue weighted by molar-refractivity contribution is -0.148. The van der Waals surface area contributed by atoms with Crippen LogP contribution in [0.1, 0.15) is 23.6 Å². The molecule has 3 aromatic carbocycles. The Kier molecular flexibility index (Phi) is 6.86. The number of carbonyl (C=O) groups excluding carboxylic acids is 2. The molecule has 0 fully saturated rings. The minimum absolute atomic E-state index is 0.171. The van der Waals surface area contributed by atoms with Gasteiger partial charge in [-0.05, 0) is 41.8 Å². The van der Waals surface area contributed by atoms with E-state index >= 15 is 0 Å². The summed E-state index contributed by atoms with van der Waals surface area (Å²) in [5, 5.41) is 2.65. The fraction of sp³-hybridized carbons (Fsp3) is 0.200.